The number of nitrogens with one attached hydrogen (secondary N) is 1. The molecule has 2 nitrogen and oxygen atoms in total. The van der Waals surface area contributed by atoms with Gasteiger partial charge in [-0.1, -0.05) is 17.7 Å². The lowest BCUT2D eigenvalue weighted by atomic mass is 9.89. The molecule has 1 heterocycles. The summed E-state index contributed by atoms with van der Waals surface area (Å²) in [5.41, 5.74) is 2.60. The van der Waals surface area contributed by atoms with Crippen LogP contribution >= 0.6 is 11.6 Å². The molecular formula is C11H14ClNO. The van der Waals surface area contributed by atoms with Gasteiger partial charge >= 0.3 is 0 Å². The molecule has 76 valence electrons. The van der Waals surface area contributed by atoms with E-state index >= 15 is 0 Å². The van der Waals surface area contributed by atoms with Gasteiger partial charge in [-0.15, -0.1) is 0 Å². The number of aliphatic hydroxyl groups is 1. The van der Waals surface area contributed by atoms with Crippen molar-refractivity contribution in [3.05, 3.63) is 34.3 Å². The molecule has 0 saturated carbocycles. The molecule has 1 atom stereocenters. The summed E-state index contributed by atoms with van der Waals surface area (Å²) in [6, 6.07) is 6.01. The fraction of sp³-hybridized carbons (Fsp3) is 0.455. The average Bonchev–Trinajstić information content (AvgIpc) is 2.19. The van der Waals surface area contributed by atoms with E-state index in [9.17, 15) is 0 Å². The van der Waals surface area contributed by atoms with Crippen LogP contribution in [0.25, 0.3) is 0 Å². The van der Waals surface area contributed by atoms with Gasteiger partial charge in [-0.05, 0) is 35.6 Å². The molecular weight excluding hydrogens is 198 g/mol. The molecule has 0 spiro atoms. The zero-order valence-corrected chi connectivity index (χ0v) is 8.72. The highest BCUT2D eigenvalue weighted by atomic mass is 35.5. The third-order valence-corrected chi connectivity index (χ3v) is 2.97. The smallest absolute Gasteiger partial charge is 0.0437 e. The molecule has 0 aliphatic carbocycles. The first-order valence-electron chi connectivity index (χ1n) is 4.91. The van der Waals surface area contributed by atoms with E-state index < -0.39 is 0 Å². The Kier molecular flexibility index (Phi) is 3.06. The summed E-state index contributed by atoms with van der Waals surface area (Å²) < 4.78 is 0. The summed E-state index contributed by atoms with van der Waals surface area (Å²) in [6.45, 7) is 2.08. The molecule has 1 aromatic carbocycles. The summed E-state index contributed by atoms with van der Waals surface area (Å²) in [5, 5.41) is 13.1. The normalized spacial score (nSPS) is 20.6. The summed E-state index contributed by atoms with van der Waals surface area (Å²) in [4.78, 5) is 0. The number of fused-ring (bicyclic) bond motifs is 1. The van der Waals surface area contributed by atoms with E-state index in [4.69, 9.17) is 16.7 Å². The standard InChI is InChI=1S/C11H14ClNO/c12-10-2-1-8-6-13-7-9(3-4-14)11(8)5-10/h1-2,5,9,13-14H,3-4,6-7H2. The molecule has 1 unspecified atom stereocenters. The maximum absolute atomic E-state index is 8.95. The predicted octanol–water partition coefficient (Wildman–Crippen LogP) is 1.91. The minimum Gasteiger partial charge on any atom is -0.396 e. The van der Waals surface area contributed by atoms with E-state index in [1.807, 2.05) is 12.1 Å². The Balaban J connectivity index is 2.32. The topological polar surface area (TPSA) is 32.3 Å². The van der Waals surface area contributed by atoms with E-state index in [1.165, 1.54) is 11.1 Å². The molecule has 3 heteroatoms. The van der Waals surface area contributed by atoms with Gasteiger partial charge in [0.1, 0.15) is 0 Å². The number of hydrogen-bond donors (Lipinski definition) is 2. The molecule has 0 radical (unpaired) electrons. The van der Waals surface area contributed by atoms with Crippen molar-refractivity contribution in [2.45, 2.75) is 18.9 Å². The number of hydrogen-bond acceptors (Lipinski definition) is 2. The summed E-state index contributed by atoms with van der Waals surface area (Å²) in [6.07, 6.45) is 0.806. The molecule has 14 heavy (non-hydrogen) atoms. The molecule has 2 N–H and O–H groups in total. The Morgan fingerprint density at radius 1 is 1.50 bits per heavy atom. The van der Waals surface area contributed by atoms with E-state index in [0.29, 0.717) is 5.92 Å². The van der Waals surface area contributed by atoms with Crippen molar-refractivity contribution in [1.29, 1.82) is 0 Å². The lowest BCUT2D eigenvalue weighted by Crippen LogP contribution is -2.28. The van der Waals surface area contributed by atoms with Gasteiger partial charge in [-0.25, -0.2) is 0 Å². The number of benzene rings is 1. The van der Waals surface area contributed by atoms with Crippen LogP contribution in [0.2, 0.25) is 5.02 Å². The second-order valence-corrected chi connectivity index (χ2v) is 4.12. The quantitative estimate of drug-likeness (QED) is 0.784. The van der Waals surface area contributed by atoms with Crippen LogP contribution in [0.4, 0.5) is 0 Å². The van der Waals surface area contributed by atoms with E-state index in [-0.39, 0.29) is 6.61 Å². The zero-order valence-electron chi connectivity index (χ0n) is 7.96. The van der Waals surface area contributed by atoms with Crippen molar-refractivity contribution in [1.82, 2.24) is 5.32 Å². The highest BCUT2D eigenvalue weighted by Crippen LogP contribution is 2.28. The minimum atomic E-state index is 0.234. The molecule has 0 amide bonds. The maximum Gasteiger partial charge on any atom is 0.0437 e. The van der Waals surface area contributed by atoms with Gasteiger partial charge in [0.15, 0.2) is 0 Å². The Labute approximate surface area is 88.9 Å². The number of rotatable bonds is 2. The Bertz CT molecular complexity index is 327. The van der Waals surface area contributed by atoms with Crippen LogP contribution in [0.1, 0.15) is 23.5 Å². The van der Waals surface area contributed by atoms with Gasteiger partial charge < -0.3 is 10.4 Å². The molecule has 1 aromatic rings. The summed E-state index contributed by atoms with van der Waals surface area (Å²) in [5.74, 6) is 0.405. The van der Waals surface area contributed by atoms with Gasteiger partial charge in [0.25, 0.3) is 0 Å². The van der Waals surface area contributed by atoms with Gasteiger partial charge in [-0.2, -0.15) is 0 Å². The largest absolute Gasteiger partial charge is 0.396 e. The zero-order chi connectivity index (χ0) is 9.97. The third-order valence-electron chi connectivity index (χ3n) is 2.73. The van der Waals surface area contributed by atoms with Crippen molar-refractivity contribution in [3.8, 4) is 0 Å². The first-order chi connectivity index (χ1) is 6.81. The first kappa shape index (κ1) is 9.97. The lowest BCUT2D eigenvalue weighted by molar-refractivity contribution is 0.271. The van der Waals surface area contributed by atoms with Gasteiger partial charge in [0.2, 0.25) is 0 Å². The van der Waals surface area contributed by atoms with Crippen LogP contribution in [-0.2, 0) is 6.54 Å². The van der Waals surface area contributed by atoms with Crippen molar-refractivity contribution in [3.63, 3.8) is 0 Å². The second-order valence-electron chi connectivity index (χ2n) is 3.68. The monoisotopic (exact) mass is 211 g/mol. The second kappa shape index (κ2) is 4.30. The molecule has 1 aliphatic rings. The fourth-order valence-electron chi connectivity index (χ4n) is 2.01. The molecule has 2 rings (SSSR count). The van der Waals surface area contributed by atoms with Crippen LogP contribution in [0.3, 0.4) is 0 Å². The SMILES string of the molecule is OCCC1CNCc2ccc(Cl)cc21. The molecule has 1 aliphatic heterocycles. The lowest BCUT2D eigenvalue weighted by Gasteiger charge is -2.26. The van der Waals surface area contributed by atoms with E-state index in [0.717, 1.165) is 24.5 Å². The van der Waals surface area contributed by atoms with Crippen molar-refractivity contribution >= 4 is 11.6 Å². The highest BCUT2D eigenvalue weighted by molar-refractivity contribution is 6.30. The van der Waals surface area contributed by atoms with Crippen LogP contribution in [0, 0.1) is 0 Å². The van der Waals surface area contributed by atoms with Crippen molar-refractivity contribution < 1.29 is 5.11 Å². The number of halogens is 1. The van der Waals surface area contributed by atoms with Crippen molar-refractivity contribution in [2.75, 3.05) is 13.2 Å². The maximum atomic E-state index is 8.95. The molecule has 0 fully saturated rings. The Morgan fingerprint density at radius 3 is 3.14 bits per heavy atom. The summed E-state index contributed by atoms with van der Waals surface area (Å²) >= 11 is 5.96. The van der Waals surface area contributed by atoms with E-state index in [1.54, 1.807) is 0 Å². The fourth-order valence-corrected chi connectivity index (χ4v) is 2.19. The third kappa shape index (κ3) is 1.92. The van der Waals surface area contributed by atoms with Crippen LogP contribution in [0.5, 0.6) is 0 Å². The minimum absolute atomic E-state index is 0.234. The highest BCUT2D eigenvalue weighted by Gasteiger charge is 2.19. The van der Waals surface area contributed by atoms with Gasteiger partial charge in [-0.3, -0.25) is 0 Å². The number of aliphatic hydroxyl groups excluding tert-OH is 1. The molecule has 0 bridgehead atoms. The van der Waals surface area contributed by atoms with Crippen molar-refractivity contribution in [2.24, 2.45) is 0 Å². The first-order valence-corrected chi connectivity index (χ1v) is 5.29. The average molecular weight is 212 g/mol. The Morgan fingerprint density at radius 2 is 2.36 bits per heavy atom. The van der Waals surface area contributed by atoms with Crippen LogP contribution < -0.4 is 5.32 Å². The van der Waals surface area contributed by atoms with Gasteiger partial charge in [0, 0.05) is 24.7 Å². The van der Waals surface area contributed by atoms with E-state index in [2.05, 4.69) is 11.4 Å². The van der Waals surface area contributed by atoms with Crippen LogP contribution in [0.15, 0.2) is 18.2 Å². The van der Waals surface area contributed by atoms with Gasteiger partial charge in [0.05, 0.1) is 0 Å². The van der Waals surface area contributed by atoms with Crippen LogP contribution in [-0.4, -0.2) is 18.3 Å². The molecule has 0 aromatic heterocycles. The predicted molar refractivity (Wildman–Crippen MR) is 57.6 cm³/mol. The molecule has 0 saturated heterocycles. The summed E-state index contributed by atoms with van der Waals surface area (Å²) in [7, 11) is 0. The Hall–Kier alpha value is -0.570.